The van der Waals surface area contributed by atoms with E-state index in [2.05, 4.69) is 29.7 Å². The van der Waals surface area contributed by atoms with E-state index in [0.717, 1.165) is 17.7 Å². The highest BCUT2D eigenvalue weighted by Crippen LogP contribution is 2.18. The molecule has 3 aromatic carbocycles. The third-order valence-corrected chi connectivity index (χ3v) is 4.17. The molecule has 3 N–H and O–H groups in total. The van der Waals surface area contributed by atoms with Gasteiger partial charge in [0.15, 0.2) is 0 Å². The van der Waals surface area contributed by atoms with Gasteiger partial charge >= 0.3 is 0 Å². The van der Waals surface area contributed by atoms with E-state index in [-0.39, 0.29) is 11.7 Å². The highest BCUT2D eigenvalue weighted by Gasteiger charge is 2.08. The van der Waals surface area contributed by atoms with Crippen LogP contribution >= 0.6 is 0 Å². The molecule has 4 nitrogen and oxygen atoms in total. The summed E-state index contributed by atoms with van der Waals surface area (Å²) < 4.78 is 0. The van der Waals surface area contributed by atoms with Crippen molar-refractivity contribution in [1.82, 2.24) is 0 Å². The lowest BCUT2D eigenvalue weighted by Crippen LogP contribution is -2.12. The van der Waals surface area contributed by atoms with Crippen LogP contribution in [0.1, 0.15) is 28.4 Å². The number of aromatic hydroxyl groups is 1. The molecule has 0 atom stereocenters. The van der Waals surface area contributed by atoms with Crippen molar-refractivity contribution >= 4 is 17.3 Å². The zero-order chi connectivity index (χ0) is 18.4. The molecule has 3 aromatic rings. The Labute approximate surface area is 153 Å². The first-order chi connectivity index (χ1) is 12.7. The Kier molecular flexibility index (Phi) is 5.54. The second kappa shape index (κ2) is 8.21. The van der Waals surface area contributed by atoms with Gasteiger partial charge in [-0.05, 0) is 47.9 Å². The molecule has 0 aromatic heterocycles. The van der Waals surface area contributed by atoms with E-state index in [0.29, 0.717) is 17.8 Å². The van der Waals surface area contributed by atoms with E-state index >= 15 is 0 Å². The van der Waals surface area contributed by atoms with Gasteiger partial charge in [0, 0.05) is 29.5 Å². The van der Waals surface area contributed by atoms with Crippen molar-refractivity contribution in [2.75, 3.05) is 10.6 Å². The highest BCUT2D eigenvalue weighted by molar-refractivity contribution is 6.04. The second-order valence-electron chi connectivity index (χ2n) is 6.07. The number of phenolic OH excluding ortho intramolecular Hbond substituents is 1. The molecule has 1 amide bonds. The van der Waals surface area contributed by atoms with E-state index in [9.17, 15) is 9.90 Å². The van der Waals surface area contributed by atoms with Crippen LogP contribution in [0.5, 0.6) is 5.75 Å². The molecule has 0 radical (unpaired) electrons. The number of amides is 1. The fourth-order valence-corrected chi connectivity index (χ4v) is 2.81. The summed E-state index contributed by atoms with van der Waals surface area (Å²) in [5.74, 6) is -0.0817. The van der Waals surface area contributed by atoms with Crippen LogP contribution in [-0.4, -0.2) is 11.0 Å². The van der Waals surface area contributed by atoms with Gasteiger partial charge in [0.05, 0.1) is 0 Å². The molecule has 0 aliphatic heterocycles. The van der Waals surface area contributed by atoms with Crippen LogP contribution in [0.4, 0.5) is 11.4 Å². The molecule has 132 valence electrons. The van der Waals surface area contributed by atoms with Crippen LogP contribution in [0.25, 0.3) is 0 Å². The maximum Gasteiger partial charge on any atom is 0.255 e. The van der Waals surface area contributed by atoms with Crippen molar-refractivity contribution in [2.24, 2.45) is 0 Å². The molecule has 4 heteroatoms. The summed E-state index contributed by atoms with van der Waals surface area (Å²) in [5.41, 5.74) is 4.56. The van der Waals surface area contributed by atoms with Gasteiger partial charge in [-0.2, -0.15) is 0 Å². The maximum atomic E-state index is 12.4. The van der Waals surface area contributed by atoms with E-state index in [4.69, 9.17) is 0 Å². The Morgan fingerprint density at radius 1 is 0.962 bits per heavy atom. The predicted molar refractivity (Wildman–Crippen MR) is 106 cm³/mol. The molecule has 0 unspecified atom stereocenters. The van der Waals surface area contributed by atoms with Crippen LogP contribution in [0.3, 0.4) is 0 Å². The van der Waals surface area contributed by atoms with E-state index < -0.39 is 0 Å². The van der Waals surface area contributed by atoms with Gasteiger partial charge in [-0.25, -0.2) is 0 Å². The normalized spacial score (nSPS) is 10.3. The largest absolute Gasteiger partial charge is 0.508 e. The summed E-state index contributed by atoms with van der Waals surface area (Å²) in [6.07, 6.45) is 0.968. The fraction of sp³-hybridized carbons (Fsp3) is 0.136. The van der Waals surface area contributed by atoms with Gasteiger partial charge < -0.3 is 15.7 Å². The summed E-state index contributed by atoms with van der Waals surface area (Å²) in [5, 5.41) is 15.7. The number of rotatable bonds is 6. The molecule has 3 rings (SSSR count). The lowest BCUT2D eigenvalue weighted by Gasteiger charge is -2.12. The minimum absolute atomic E-state index is 0.121. The third-order valence-electron chi connectivity index (χ3n) is 4.17. The number of aryl methyl sites for hydroxylation is 1. The van der Waals surface area contributed by atoms with Crippen LogP contribution in [-0.2, 0) is 13.0 Å². The van der Waals surface area contributed by atoms with Crippen molar-refractivity contribution in [2.45, 2.75) is 19.9 Å². The minimum atomic E-state index is -0.202. The van der Waals surface area contributed by atoms with Gasteiger partial charge in [-0.3, -0.25) is 4.79 Å². The number of carbonyl (C=O) groups excluding carboxylic acids is 1. The molecule has 0 saturated heterocycles. The molecule has 0 aliphatic carbocycles. The summed E-state index contributed by atoms with van der Waals surface area (Å²) in [6, 6.07) is 22.3. The molecule has 0 saturated carbocycles. The lowest BCUT2D eigenvalue weighted by atomic mass is 10.1. The lowest BCUT2D eigenvalue weighted by molar-refractivity contribution is 0.102. The average molecular weight is 346 g/mol. The van der Waals surface area contributed by atoms with Crippen molar-refractivity contribution < 1.29 is 9.90 Å². The predicted octanol–water partition coefficient (Wildman–Crippen LogP) is 4.82. The topological polar surface area (TPSA) is 61.4 Å². The van der Waals surface area contributed by atoms with Crippen molar-refractivity contribution in [3.8, 4) is 5.75 Å². The third kappa shape index (κ3) is 4.42. The van der Waals surface area contributed by atoms with Gasteiger partial charge in [0.2, 0.25) is 0 Å². The van der Waals surface area contributed by atoms with Gasteiger partial charge in [-0.15, -0.1) is 0 Å². The number of benzene rings is 3. The summed E-state index contributed by atoms with van der Waals surface area (Å²) in [4.78, 5) is 12.4. The number of hydrogen-bond acceptors (Lipinski definition) is 3. The van der Waals surface area contributed by atoms with Crippen LogP contribution in [0, 0.1) is 0 Å². The first-order valence-electron chi connectivity index (χ1n) is 8.67. The zero-order valence-electron chi connectivity index (χ0n) is 14.7. The smallest absolute Gasteiger partial charge is 0.255 e. The average Bonchev–Trinajstić information content (AvgIpc) is 2.67. The Morgan fingerprint density at radius 3 is 2.58 bits per heavy atom. The summed E-state index contributed by atoms with van der Waals surface area (Å²) in [6.45, 7) is 2.77. The Morgan fingerprint density at radius 2 is 1.77 bits per heavy atom. The van der Waals surface area contributed by atoms with Gasteiger partial charge in [0.25, 0.3) is 5.91 Å². The molecular formula is C22H22N2O2. The summed E-state index contributed by atoms with van der Waals surface area (Å²) >= 11 is 0. The van der Waals surface area contributed by atoms with Crippen molar-refractivity contribution in [1.29, 1.82) is 0 Å². The number of hydrogen-bond donors (Lipinski definition) is 3. The number of anilines is 2. The van der Waals surface area contributed by atoms with Crippen LogP contribution < -0.4 is 10.6 Å². The minimum Gasteiger partial charge on any atom is -0.508 e. The first kappa shape index (κ1) is 17.5. The van der Waals surface area contributed by atoms with E-state index in [1.54, 1.807) is 24.3 Å². The van der Waals surface area contributed by atoms with Crippen molar-refractivity contribution in [3.05, 3.63) is 89.5 Å². The van der Waals surface area contributed by atoms with Crippen LogP contribution in [0.15, 0.2) is 72.8 Å². The van der Waals surface area contributed by atoms with E-state index in [1.807, 2.05) is 30.3 Å². The molecule has 0 aliphatic rings. The Balaban J connectivity index is 1.68. The SMILES string of the molecule is CCc1ccccc1NCc1cccc(C(=O)Nc2cccc(O)c2)c1. The first-order valence-corrected chi connectivity index (χ1v) is 8.67. The monoisotopic (exact) mass is 346 g/mol. The molecule has 0 spiro atoms. The molecule has 0 fully saturated rings. The molecular weight excluding hydrogens is 324 g/mol. The van der Waals surface area contributed by atoms with Gasteiger partial charge in [0.1, 0.15) is 5.75 Å². The number of phenols is 1. The second-order valence-corrected chi connectivity index (χ2v) is 6.07. The zero-order valence-corrected chi connectivity index (χ0v) is 14.7. The summed E-state index contributed by atoms with van der Waals surface area (Å²) in [7, 11) is 0. The highest BCUT2D eigenvalue weighted by atomic mass is 16.3. The molecule has 26 heavy (non-hydrogen) atoms. The fourth-order valence-electron chi connectivity index (χ4n) is 2.81. The molecule has 0 bridgehead atoms. The van der Waals surface area contributed by atoms with Gasteiger partial charge in [-0.1, -0.05) is 43.3 Å². The quantitative estimate of drug-likeness (QED) is 0.600. The van der Waals surface area contributed by atoms with E-state index in [1.165, 1.54) is 11.6 Å². The Hall–Kier alpha value is -3.27. The van der Waals surface area contributed by atoms with Crippen molar-refractivity contribution in [3.63, 3.8) is 0 Å². The number of para-hydroxylation sites is 1. The Bertz CT molecular complexity index is 906. The van der Waals surface area contributed by atoms with Crippen LogP contribution in [0.2, 0.25) is 0 Å². The maximum absolute atomic E-state index is 12.4. The standard InChI is InChI=1S/C22H22N2O2/c1-2-17-8-3-4-12-21(17)23-15-16-7-5-9-18(13-16)22(26)24-19-10-6-11-20(25)14-19/h3-14,23,25H,2,15H2,1H3,(H,24,26). The molecule has 0 heterocycles. The number of nitrogens with one attached hydrogen (secondary N) is 2. The number of carbonyl (C=O) groups is 1.